The standard InChI is InChI=1S/C14H17BrN2O/c15-10-6-5-8-11-13(10)18-14(17-11)12-7-3-1-2-4-9-16-12/h5-6,8,12,16H,1-4,7,9H2. The van der Waals surface area contributed by atoms with E-state index in [0.29, 0.717) is 0 Å². The lowest BCUT2D eigenvalue weighted by Gasteiger charge is -2.18. The molecule has 0 radical (unpaired) electrons. The van der Waals surface area contributed by atoms with Crippen molar-refractivity contribution in [3.8, 4) is 0 Å². The number of nitrogens with one attached hydrogen (secondary N) is 1. The molecule has 1 aliphatic heterocycles. The van der Waals surface area contributed by atoms with Crippen LogP contribution < -0.4 is 5.32 Å². The lowest BCUT2D eigenvalue weighted by atomic mass is 10.0. The minimum atomic E-state index is 0.268. The van der Waals surface area contributed by atoms with Crippen molar-refractivity contribution >= 4 is 27.0 Å². The second-order valence-electron chi connectivity index (χ2n) is 4.85. The van der Waals surface area contributed by atoms with E-state index < -0.39 is 0 Å². The van der Waals surface area contributed by atoms with Gasteiger partial charge in [-0.05, 0) is 47.4 Å². The average molecular weight is 309 g/mol. The van der Waals surface area contributed by atoms with Crippen molar-refractivity contribution < 1.29 is 4.42 Å². The van der Waals surface area contributed by atoms with E-state index in [1.54, 1.807) is 0 Å². The third kappa shape index (κ3) is 2.45. The molecule has 96 valence electrons. The van der Waals surface area contributed by atoms with Gasteiger partial charge in [-0.3, -0.25) is 0 Å². The van der Waals surface area contributed by atoms with Crippen molar-refractivity contribution in [2.75, 3.05) is 6.54 Å². The van der Waals surface area contributed by atoms with Crippen LogP contribution in [0.4, 0.5) is 0 Å². The molecular formula is C14H17BrN2O. The van der Waals surface area contributed by atoms with E-state index in [2.05, 4.69) is 26.2 Å². The zero-order valence-corrected chi connectivity index (χ0v) is 11.9. The minimum Gasteiger partial charge on any atom is -0.438 e. The Kier molecular flexibility index (Phi) is 3.66. The number of oxazole rings is 1. The number of nitrogens with zero attached hydrogens (tertiary/aromatic N) is 1. The van der Waals surface area contributed by atoms with Crippen LogP contribution in [0, 0.1) is 0 Å². The van der Waals surface area contributed by atoms with Crippen LogP contribution in [0.2, 0.25) is 0 Å². The fourth-order valence-corrected chi connectivity index (χ4v) is 2.93. The minimum absolute atomic E-state index is 0.268. The molecule has 1 fully saturated rings. The molecule has 0 spiro atoms. The number of rotatable bonds is 1. The summed E-state index contributed by atoms with van der Waals surface area (Å²) in [6.07, 6.45) is 6.27. The normalized spacial score (nSPS) is 21.7. The fourth-order valence-electron chi connectivity index (χ4n) is 2.50. The molecule has 2 heterocycles. The zero-order valence-electron chi connectivity index (χ0n) is 10.3. The molecule has 1 aliphatic rings. The van der Waals surface area contributed by atoms with Gasteiger partial charge < -0.3 is 9.73 Å². The van der Waals surface area contributed by atoms with E-state index >= 15 is 0 Å². The monoisotopic (exact) mass is 308 g/mol. The van der Waals surface area contributed by atoms with Gasteiger partial charge in [0.25, 0.3) is 0 Å². The Labute approximate surface area is 115 Å². The first-order valence-corrected chi connectivity index (χ1v) is 7.42. The number of aromatic nitrogens is 1. The predicted octanol–water partition coefficient (Wildman–Crippen LogP) is 4.19. The summed E-state index contributed by atoms with van der Waals surface area (Å²) < 4.78 is 6.89. The lowest BCUT2D eigenvalue weighted by molar-refractivity contribution is 0.362. The second-order valence-corrected chi connectivity index (χ2v) is 5.70. The van der Waals surface area contributed by atoms with Crippen LogP contribution in [0.5, 0.6) is 0 Å². The van der Waals surface area contributed by atoms with Crippen LogP contribution in [-0.2, 0) is 0 Å². The summed E-state index contributed by atoms with van der Waals surface area (Å²) >= 11 is 3.51. The molecule has 4 heteroatoms. The molecule has 1 saturated heterocycles. The Morgan fingerprint density at radius 2 is 2.11 bits per heavy atom. The van der Waals surface area contributed by atoms with Crippen LogP contribution >= 0.6 is 15.9 Å². The number of benzene rings is 1. The van der Waals surface area contributed by atoms with Crippen LogP contribution in [0.25, 0.3) is 11.1 Å². The van der Waals surface area contributed by atoms with E-state index in [0.717, 1.165) is 34.4 Å². The first-order chi connectivity index (χ1) is 8.84. The largest absolute Gasteiger partial charge is 0.438 e. The summed E-state index contributed by atoms with van der Waals surface area (Å²) in [6, 6.07) is 6.24. The van der Waals surface area contributed by atoms with Crippen molar-refractivity contribution in [3.05, 3.63) is 28.6 Å². The molecule has 3 nitrogen and oxygen atoms in total. The van der Waals surface area contributed by atoms with E-state index in [-0.39, 0.29) is 6.04 Å². The van der Waals surface area contributed by atoms with Gasteiger partial charge >= 0.3 is 0 Å². The van der Waals surface area contributed by atoms with E-state index in [9.17, 15) is 0 Å². The third-order valence-electron chi connectivity index (χ3n) is 3.49. The van der Waals surface area contributed by atoms with Crippen molar-refractivity contribution in [1.29, 1.82) is 0 Å². The van der Waals surface area contributed by atoms with Gasteiger partial charge in [-0.1, -0.05) is 25.3 Å². The first kappa shape index (κ1) is 12.2. The van der Waals surface area contributed by atoms with Gasteiger partial charge in [0.05, 0.1) is 10.5 Å². The predicted molar refractivity (Wildman–Crippen MR) is 75.5 cm³/mol. The van der Waals surface area contributed by atoms with Crippen molar-refractivity contribution in [2.45, 2.75) is 38.1 Å². The molecule has 0 saturated carbocycles. The van der Waals surface area contributed by atoms with Gasteiger partial charge in [0.2, 0.25) is 5.89 Å². The molecule has 2 aromatic rings. The first-order valence-electron chi connectivity index (χ1n) is 6.63. The second kappa shape index (κ2) is 5.41. The number of fused-ring (bicyclic) bond motifs is 1. The molecule has 1 aromatic carbocycles. The Balaban J connectivity index is 1.90. The van der Waals surface area contributed by atoms with Crippen LogP contribution in [-0.4, -0.2) is 11.5 Å². The van der Waals surface area contributed by atoms with Gasteiger partial charge in [-0.25, -0.2) is 4.98 Å². The smallest absolute Gasteiger partial charge is 0.212 e. The maximum absolute atomic E-state index is 5.91. The number of hydrogen-bond acceptors (Lipinski definition) is 3. The third-order valence-corrected chi connectivity index (χ3v) is 4.12. The summed E-state index contributed by atoms with van der Waals surface area (Å²) in [5, 5.41) is 3.55. The zero-order chi connectivity index (χ0) is 12.4. The van der Waals surface area contributed by atoms with Gasteiger partial charge in [-0.15, -0.1) is 0 Å². The molecular weight excluding hydrogens is 292 g/mol. The molecule has 1 unspecified atom stereocenters. The Morgan fingerprint density at radius 1 is 1.22 bits per heavy atom. The van der Waals surface area contributed by atoms with Crippen molar-refractivity contribution in [3.63, 3.8) is 0 Å². The lowest BCUT2D eigenvalue weighted by Crippen LogP contribution is -2.24. The Hall–Kier alpha value is -0.870. The summed E-state index contributed by atoms with van der Waals surface area (Å²) in [5.74, 6) is 0.832. The Bertz CT molecular complexity index is 530. The van der Waals surface area contributed by atoms with Crippen LogP contribution in [0.1, 0.15) is 44.0 Å². The van der Waals surface area contributed by atoms with Gasteiger partial charge in [0.15, 0.2) is 5.58 Å². The summed E-state index contributed by atoms with van der Waals surface area (Å²) in [6.45, 7) is 1.06. The number of para-hydroxylation sites is 1. The highest BCUT2D eigenvalue weighted by Crippen LogP contribution is 2.29. The van der Waals surface area contributed by atoms with Gasteiger partial charge in [0.1, 0.15) is 5.52 Å². The van der Waals surface area contributed by atoms with E-state index in [1.165, 1.54) is 25.7 Å². The maximum atomic E-state index is 5.91. The molecule has 3 rings (SSSR count). The van der Waals surface area contributed by atoms with Crippen LogP contribution in [0.15, 0.2) is 27.1 Å². The quantitative estimate of drug-likeness (QED) is 0.858. The maximum Gasteiger partial charge on any atom is 0.212 e. The van der Waals surface area contributed by atoms with Crippen molar-refractivity contribution in [2.24, 2.45) is 0 Å². The number of halogens is 1. The molecule has 1 aromatic heterocycles. The highest BCUT2D eigenvalue weighted by Gasteiger charge is 2.19. The van der Waals surface area contributed by atoms with Crippen molar-refractivity contribution in [1.82, 2.24) is 10.3 Å². The number of hydrogen-bond donors (Lipinski definition) is 1. The van der Waals surface area contributed by atoms with Gasteiger partial charge in [-0.2, -0.15) is 0 Å². The SMILES string of the molecule is Brc1cccc2nc(C3CCCCCCN3)oc12. The summed E-state index contributed by atoms with van der Waals surface area (Å²) in [4.78, 5) is 4.61. The fraction of sp³-hybridized carbons (Fsp3) is 0.500. The molecule has 0 amide bonds. The highest BCUT2D eigenvalue weighted by atomic mass is 79.9. The van der Waals surface area contributed by atoms with E-state index in [1.807, 2.05) is 18.2 Å². The highest BCUT2D eigenvalue weighted by molar-refractivity contribution is 9.10. The Morgan fingerprint density at radius 3 is 3.00 bits per heavy atom. The van der Waals surface area contributed by atoms with E-state index in [4.69, 9.17) is 4.42 Å². The molecule has 0 aliphatic carbocycles. The summed E-state index contributed by atoms with van der Waals surface area (Å²) in [5.41, 5.74) is 1.79. The molecule has 1 atom stereocenters. The van der Waals surface area contributed by atoms with Gasteiger partial charge in [0, 0.05) is 0 Å². The molecule has 18 heavy (non-hydrogen) atoms. The molecule has 0 bridgehead atoms. The average Bonchev–Trinajstić information content (AvgIpc) is 2.73. The summed E-state index contributed by atoms with van der Waals surface area (Å²) in [7, 11) is 0. The topological polar surface area (TPSA) is 38.1 Å². The van der Waals surface area contributed by atoms with Crippen LogP contribution in [0.3, 0.4) is 0 Å². The molecule has 1 N–H and O–H groups in total.